The molecule has 0 aromatic heterocycles. The molecule has 3 rings (SSSR count). The van der Waals surface area contributed by atoms with Gasteiger partial charge in [0.1, 0.15) is 18.3 Å². The summed E-state index contributed by atoms with van der Waals surface area (Å²) < 4.78 is 16.6. The molecule has 2 bridgehead atoms. The summed E-state index contributed by atoms with van der Waals surface area (Å²) in [5.74, 6) is 0. The van der Waals surface area contributed by atoms with E-state index in [1.165, 1.54) is 0 Å². The number of aliphatic hydroxyl groups is 1. The molecule has 0 amide bonds. The van der Waals surface area contributed by atoms with Gasteiger partial charge in [-0.25, -0.2) is 0 Å². The fraction of sp³-hybridized carbons (Fsp3) is 0.538. The Morgan fingerprint density at radius 3 is 2.89 bits per heavy atom. The Labute approximate surface area is 105 Å². The van der Waals surface area contributed by atoms with E-state index in [-0.39, 0.29) is 12.2 Å². The Kier molecular flexibility index (Phi) is 3.32. The first-order chi connectivity index (χ1) is 8.75. The molecular formula is C13H17NO4. The number of fused-ring (bicyclic) bond motifs is 2. The van der Waals surface area contributed by atoms with Gasteiger partial charge in [0.05, 0.1) is 19.3 Å². The fourth-order valence-corrected chi connectivity index (χ4v) is 2.40. The van der Waals surface area contributed by atoms with Crippen molar-refractivity contribution in [1.82, 2.24) is 0 Å². The van der Waals surface area contributed by atoms with Gasteiger partial charge >= 0.3 is 0 Å². The van der Waals surface area contributed by atoms with Crippen molar-refractivity contribution in [3.8, 4) is 0 Å². The zero-order chi connectivity index (χ0) is 12.5. The third-order valence-corrected chi connectivity index (χ3v) is 3.44. The van der Waals surface area contributed by atoms with E-state index in [1.807, 2.05) is 30.3 Å². The maximum Gasteiger partial charge on any atom is 0.185 e. The molecule has 1 aromatic carbocycles. The zero-order valence-corrected chi connectivity index (χ0v) is 9.94. The largest absolute Gasteiger partial charge is 0.386 e. The second-order valence-corrected chi connectivity index (χ2v) is 4.71. The van der Waals surface area contributed by atoms with Crippen molar-refractivity contribution in [3.05, 3.63) is 35.9 Å². The molecule has 5 nitrogen and oxygen atoms in total. The van der Waals surface area contributed by atoms with Gasteiger partial charge < -0.3 is 25.1 Å². The summed E-state index contributed by atoms with van der Waals surface area (Å²) in [4.78, 5) is 0. The standard InChI is InChI=1S/C13H17NO4/c14-10-11(15)13-17-7-9(18-13)12(10)16-6-8-4-2-1-3-5-8/h1-5,9-13,15H,6-7,14H2/t9-,10-,11-,12-,13-/m1/s1. The summed E-state index contributed by atoms with van der Waals surface area (Å²) in [6, 6.07) is 9.37. The van der Waals surface area contributed by atoms with Crippen LogP contribution in [0.5, 0.6) is 0 Å². The van der Waals surface area contributed by atoms with Gasteiger partial charge in [-0.3, -0.25) is 0 Å². The zero-order valence-electron chi connectivity index (χ0n) is 9.94. The molecule has 0 saturated carbocycles. The number of rotatable bonds is 3. The molecule has 18 heavy (non-hydrogen) atoms. The van der Waals surface area contributed by atoms with Crippen LogP contribution in [-0.4, -0.2) is 42.4 Å². The molecule has 5 heteroatoms. The first kappa shape index (κ1) is 12.1. The summed E-state index contributed by atoms with van der Waals surface area (Å²) in [5, 5.41) is 9.88. The molecule has 2 aliphatic heterocycles. The van der Waals surface area contributed by atoms with Gasteiger partial charge in [0.2, 0.25) is 0 Å². The normalized spacial score (nSPS) is 38.9. The molecule has 2 saturated heterocycles. The average Bonchev–Trinajstić information content (AvgIpc) is 2.84. The van der Waals surface area contributed by atoms with Gasteiger partial charge in [-0.2, -0.15) is 0 Å². The predicted octanol–water partition coefficient (Wildman–Crippen LogP) is 0.0151. The van der Waals surface area contributed by atoms with Crippen LogP contribution in [0.1, 0.15) is 5.56 Å². The Bertz CT molecular complexity index is 399. The van der Waals surface area contributed by atoms with Crippen molar-refractivity contribution >= 4 is 0 Å². The molecule has 2 aliphatic rings. The topological polar surface area (TPSA) is 73.9 Å². The lowest BCUT2D eigenvalue weighted by Crippen LogP contribution is -2.59. The van der Waals surface area contributed by atoms with E-state index >= 15 is 0 Å². The molecule has 0 spiro atoms. The summed E-state index contributed by atoms with van der Waals surface area (Å²) >= 11 is 0. The van der Waals surface area contributed by atoms with E-state index in [4.69, 9.17) is 19.9 Å². The summed E-state index contributed by atoms with van der Waals surface area (Å²) in [5.41, 5.74) is 7.04. The number of hydrogen-bond acceptors (Lipinski definition) is 5. The van der Waals surface area contributed by atoms with Crippen LogP contribution in [0.25, 0.3) is 0 Å². The van der Waals surface area contributed by atoms with Crippen molar-refractivity contribution in [1.29, 1.82) is 0 Å². The van der Waals surface area contributed by atoms with Gasteiger partial charge in [0.15, 0.2) is 6.29 Å². The fourth-order valence-electron chi connectivity index (χ4n) is 2.40. The van der Waals surface area contributed by atoms with Gasteiger partial charge in [0.25, 0.3) is 0 Å². The second kappa shape index (κ2) is 4.95. The number of hydrogen-bond donors (Lipinski definition) is 2. The maximum absolute atomic E-state index is 9.88. The lowest BCUT2D eigenvalue weighted by atomic mass is 9.99. The number of benzene rings is 1. The lowest BCUT2D eigenvalue weighted by Gasteiger charge is -2.36. The molecule has 2 heterocycles. The molecule has 98 valence electrons. The average molecular weight is 251 g/mol. The maximum atomic E-state index is 9.88. The Balaban J connectivity index is 1.65. The third kappa shape index (κ3) is 2.15. The van der Waals surface area contributed by atoms with Crippen LogP contribution < -0.4 is 5.73 Å². The van der Waals surface area contributed by atoms with Crippen molar-refractivity contribution in [2.45, 2.75) is 37.3 Å². The highest BCUT2D eigenvalue weighted by Gasteiger charge is 2.49. The highest BCUT2D eigenvalue weighted by Crippen LogP contribution is 2.29. The van der Waals surface area contributed by atoms with Crippen molar-refractivity contribution in [3.63, 3.8) is 0 Å². The van der Waals surface area contributed by atoms with Crippen LogP contribution in [0.4, 0.5) is 0 Å². The number of ether oxygens (including phenoxy) is 3. The van der Waals surface area contributed by atoms with Crippen molar-refractivity contribution in [2.75, 3.05) is 6.61 Å². The molecule has 0 aliphatic carbocycles. The van der Waals surface area contributed by atoms with Gasteiger partial charge in [-0.1, -0.05) is 30.3 Å². The summed E-state index contributed by atoms with van der Waals surface area (Å²) in [7, 11) is 0. The molecule has 2 fully saturated rings. The van der Waals surface area contributed by atoms with E-state index in [2.05, 4.69) is 0 Å². The predicted molar refractivity (Wildman–Crippen MR) is 63.6 cm³/mol. The third-order valence-electron chi connectivity index (χ3n) is 3.44. The van der Waals surface area contributed by atoms with E-state index < -0.39 is 18.4 Å². The second-order valence-electron chi connectivity index (χ2n) is 4.71. The first-order valence-electron chi connectivity index (χ1n) is 6.12. The number of nitrogens with two attached hydrogens (primary N) is 1. The van der Waals surface area contributed by atoms with Crippen LogP contribution in [0, 0.1) is 0 Å². The van der Waals surface area contributed by atoms with Gasteiger partial charge in [-0.05, 0) is 5.56 Å². The van der Waals surface area contributed by atoms with Crippen LogP contribution in [0.15, 0.2) is 30.3 Å². The van der Waals surface area contributed by atoms with Crippen molar-refractivity contribution in [2.24, 2.45) is 5.73 Å². The lowest BCUT2D eigenvalue weighted by molar-refractivity contribution is -0.201. The van der Waals surface area contributed by atoms with Crippen LogP contribution in [-0.2, 0) is 20.8 Å². The molecule has 0 radical (unpaired) electrons. The highest BCUT2D eigenvalue weighted by atomic mass is 16.7. The molecule has 0 unspecified atom stereocenters. The minimum absolute atomic E-state index is 0.183. The summed E-state index contributed by atoms with van der Waals surface area (Å²) in [6.07, 6.45) is -1.94. The van der Waals surface area contributed by atoms with E-state index in [0.29, 0.717) is 13.2 Å². The van der Waals surface area contributed by atoms with E-state index in [0.717, 1.165) is 5.56 Å². The molecule has 5 atom stereocenters. The van der Waals surface area contributed by atoms with E-state index in [1.54, 1.807) is 0 Å². The van der Waals surface area contributed by atoms with Gasteiger partial charge in [0, 0.05) is 0 Å². The van der Waals surface area contributed by atoms with Gasteiger partial charge in [-0.15, -0.1) is 0 Å². The Morgan fingerprint density at radius 1 is 1.33 bits per heavy atom. The van der Waals surface area contributed by atoms with Crippen LogP contribution in [0.2, 0.25) is 0 Å². The smallest absolute Gasteiger partial charge is 0.185 e. The summed E-state index contributed by atoms with van der Waals surface area (Å²) in [6.45, 7) is 0.880. The quantitative estimate of drug-likeness (QED) is 0.792. The minimum Gasteiger partial charge on any atom is -0.386 e. The first-order valence-corrected chi connectivity index (χ1v) is 6.12. The van der Waals surface area contributed by atoms with E-state index in [9.17, 15) is 5.11 Å². The monoisotopic (exact) mass is 251 g/mol. The molecular weight excluding hydrogens is 234 g/mol. The molecule has 1 aromatic rings. The number of aliphatic hydroxyl groups excluding tert-OH is 1. The Morgan fingerprint density at radius 2 is 2.11 bits per heavy atom. The SMILES string of the molecule is N[C@@H]1[C@@H](O)[C@@H]2OC[C@@H](O2)[C@H]1OCc1ccccc1. The highest BCUT2D eigenvalue weighted by molar-refractivity contribution is 5.13. The Hall–Kier alpha value is -0.980. The minimum atomic E-state index is -0.829. The van der Waals surface area contributed by atoms with Crippen LogP contribution >= 0.6 is 0 Å². The van der Waals surface area contributed by atoms with Crippen LogP contribution in [0.3, 0.4) is 0 Å². The van der Waals surface area contributed by atoms with Crippen molar-refractivity contribution < 1.29 is 19.3 Å². The molecule has 3 N–H and O–H groups in total.